The molecular weight excluding hydrogens is 792 g/mol. The molecule has 0 unspecified atom stereocenters. The van der Waals surface area contributed by atoms with E-state index in [4.69, 9.17) is 11.5 Å². The molecule has 3 rings (SSSR count). The summed E-state index contributed by atoms with van der Waals surface area (Å²) in [6.07, 6.45) is -0.539. The Bertz CT molecular complexity index is 1920. The number of primary amides is 1. The van der Waals surface area contributed by atoms with Crippen molar-refractivity contribution in [1.29, 1.82) is 0 Å². The van der Waals surface area contributed by atoms with Crippen LogP contribution in [0, 0.1) is 5.92 Å². The number of hydrogen-bond donors (Lipinski definition) is 13. The van der Waals surface area contributed by atoms with Crippen LogP contribution in [0.5, 0.6) is 0 Å². The van der Waals surface area contributed by atoms with Gasteiger partial charge in [0.2, 0.25) is 47.3 Å². The number of rotatable bonds is 21. The van der Waals surface area contributed by atoms with E-state index in [2.05, 4.69) is 36.9 Å². The van der Waals surface area contributed by atoms with Crippen LogP contribution < -0.4 is 43.4 Å². The third kappa shape index (κ3) is 12.7. The van der Waals surface area contributed by atoms with Gasteiger partial charge in [0.15, 0.2) is 0 Å². The maximum atomic E-state index is 13.7. The number of nitrogens with one attached hydrogen (secondary N) is 7. The predicted octanol–water partition coefficient (Wildman–Crippen LogP) is -5.45. The third-order valence-electron chi connectivity index (χ3n) is 9.69. The van der Waals surface area contributed by atoms with Gasteiger partial charge in [0, 0.05) is 30.1 Å². The number of hydrogen-bond acceptors (Lipinski definition) is 13. The first-order chi connectivity index (χ1) is 28.2. The maximum Gasteiger partial charge on any atom is 0.328 e. The van der Waals surface area contributed by atoms with E-state index in [9.17, 15) is 63.6 Å². The Morgan fingerprint density at radius 3 is 1.93 bits per heavy atom. The summed E-state index contributed by atoms with van der Waals surface area (Å²) in [5, 5.41) is 53.9. The Morgan fingerprint density at radius 2 is 1.35 bits per heavy atom. The highest BCUT2D eigenvalue weighted by atomic mass is 16.4. The molecule has 330 valence electrons. The van der Waals surface area contributed by atoms with Crippen molar-refractivity contribution in [3.05, 3.63) is 36.0 Å². The van der Waals surface area contributed by atoms with E-state index in [0.29, 0.717) is 16.5 Å². The van der Waals surface area contributed by atoms with E-state index in [1.165, 1.54) is 27.7 Å². The Balaban J connectivity index is 1.73. The Kier molecular flexibility index (Phi) is 17.5. The number of aromatic amines is 1. The largest absolute Gasteiger partial charge is 0.480 e. The van der Waals surface area contributed by atoms with Crippen LogP contribution in [-0.4, -0.2) is 158 Å². The predicted molar refractivity (Wildman–Crippen MR) is 209 cm³/mol. The maximum absolute atomic E-state index is 13.7. The molecule has 8 amide bonds. The average Bonchev–Trinajstić information content (AvgIpc) is 3.78. The summed E-state index contributed by atoms with van der Waals surface area (Å²) < 4.78 is 0. The number of aliphatic hydroxyl groups excluding tert-OH is 3. The molecule has 0 saturated carbocycles. The smallest absolute Gasteiger partial charge is 0.328 e. The van der Waals surface area contributed by atoms with Crippen LogP contribution in [0.15, 0.2) is 30.5 Å². The molecule has 0 spiro atoms. The number of para-hydroxylation sites is 1. The summed E-state index contributed by atoms with van der Waals surface area (Å²) in [6.45, 7) is 3.75. The standard InChI is InChI=1S/C37H54N10O13/c1-16(2)28(34(56)43-22(31(53)45-25(15-49)37(59)60)11-19-13-40-21-8-6-5-7-20(19)21)46-33(55)24(14-48)44-32(54)23(12-27(39)51)42-30(52)18(4)41-35(57)29-26(50)9-10-47(29)36(58)17(3)38/h5-8,13,16-18,22-26,28-29,40,48-50H,9-12,14-15,38H2,1-4H3,(H2,39,51)(H,41,57)(H,42,52)(H,43,56)(H,44,54)(H,45,53)(H,46,55)(H,59,60)/t17-,18-,22-,23-,24-,25-,26-,28-,29-/m0/s1. The Morgan fingerprint density at radius 1 is 0.783 bits per heavy atom. The lowest BCUT2D eigenvalue weighted by Gasteiger charge is -2.28. The summed E-state index contributed by atoms with van der Waals surface area (Å²) in [6, 6.07) is -4.75. The fourth-order valence-electron chi connectivity index (χ4n) is 6.38. The number of H-pyrrole nitrogens is 1. The molecule has 1 fully saturated rings. The minimum Gasteiger partial charge on any atom is -0.480 e. The molecule has 0 bridgehead atoms. The minimum atomic E-state index is -1.78. The second-order valence-corrected chi connectivity index (χ2v) is 14.8. The second-order valence-electron chi connectivity index (χ2n) is 14.8. The number of carbonyl (C=O) groups excluding carboxylic acids is 8. The van der Waals surface area contributed by atoms with E-state index >= 15 is 0 Å². The monoisotopic (exact) mass is 846 g/mol. The molecule has 1 aliphatic heterocycles. The number of amides is 8. The molecular formula is C37H54N10O13. The molecule has 15 N–H and O–H groups in total. The van der Waals surface area contributed by atoms with Crippen LogP contribution in [0.4, 0.5) is 0 Å². The van der Waals surface area contributed by atoms with Crippen LogP contribution >= 0.6 is 0 Å². The number of aromatic nitrogens is 1. The van der Waals surface area contributed by atoms with Crippen LogP contribution in [0.2, 0.25) is 0 Å². The number of nitrogens with zero attached hydrogens (tertiary/aromatic N) is 1. The van der Waals surface area contributed by atoms with Gasteiger partial charge in [-0.25, -0.2) is 4.79 Å². The van der Waals surface area contributed by atoms with Crippen molar-refractivity contribution in [2.75, 3.05) is 19.8 Å². The van der Waals surface area contributed by atoms with Gasteiger partial charge in [-0.1, -0.05) is 32.0 Å². The SMILES string of the molecule is CC(C)[C@H](NC(=O)[C@H](CO)NC(=O)[C@H](CC(N)=O)NC(=O)[C@H](C)NC(=O)[C@@H]1[C@@H](O)CCN1C(=O)[C@H](C)N)C(=O)N[C@@H](Cc1c[nH]c2ccccc12)C(=O)N[C@@H](CO)C(=O)O. The second kappa shape index (κ2) is 21.7. The lowest BCUT2D eigenvalue weighted by atomic mass is 10.00. The van der Waals surface area contributed by atoms with Gasteiger partial charge in [0.25, 0.3) is 0 Å². The minimum absolute atomic E-state index is 0.0349. The van der Waals surface area contributed by atoms with E-state index in [1.54, 1.807) is 30.5 Å². The molecule has 60 heavy (non-hydrogen) atoms. The van der Waals surface area contributed by atoms with Crippen molar-refractivity contribution < 1.29 is 63.6 Å². The highest BCUT2D eigenvalue weighted by Gasteiger charge is 2.43. The van der Waals surface area contributed by atoms with Crippen molar-refractivity contribution in [1.82, 2.24) is 41.8 Å². The molecule has 2 heterocycles. The average molecular weight is 847 g/mol. The van der Waals surface area contributed by atoms with Gasteiger partial charge in [-0.05, 0) is 37.8 Å². The summed E-state index contributed by atoms with van der Waals surface area (Å²) in [5.41, 5.74) is 12.2. The van der Waals surface area contributed by atoms with Crippen LogP contribution in [0.1, 0.15) is 46.1 Å². The quantitative estimate of drug-likeness (QED) is 0.0558. The van der Waals surface area contributed by atoms with Crippen LogP contribution in [-0.2, 0) is 49.6 Å². The van der Waals surface area contributed by atoms with Crippen molar-refractivity contribution in [3.8, 4) is 0 Å². The molecule has 9 atom stereocenters. The zero-order valence-corrected chi connectivity index (χ0v) is 33.5. The first-order valence-electron chi connectivity index (χ1n) is 19.0. The Hall–Kier alpha value is -6.17. The van der Waals surface area contributed by atoms with Crippen LogP contribution in [0.25, 0.3) is 10.9 Å². The number of carboxylic acid groups (broad SMARTS) is 1. The molecule has 23 heteroatoms. The van der Waals surface area contributed by atoms with E-state index in [0.717, 1.165) is 4.90 Å². The third-order valence-corrected chi connectivity index (χ3v) is 9.69. The van der Waals surface area contributed by atoms with Crippen molar-refractivity contribution in [2.24, 2.45) is 17.4 Å². The number of aliphatic hydroxyl groups is 3. The first kappa shape index (κ1) is 48.2. The van der Waals surface area contributed by atoms with E-state index in [1.807, 2.05) is 0 Å². The molecule has 1 aromatic heterocycles. The van der Waals surface area contributed by atoms with Gasteiger partial charge in [0.05, 0.1) is 31.8 Å². The summed E-state index contributed by atoms with van der Waals surface area (Å²) >= 11 is 0. The molecule has 2 aromatic rings. The Labute approximate surface area is 343 Å². The van der Waals surface area contributed by atoms with Gasteiger partial charge in [-0.15, -0.1) is 0 Å². The molecule has 1 saturated heterocycles. The fourth-order valence-corrected chi connectivity index (χ4v) is 6.38. The summed E-state index contributed by atoms with van der Waals surface area (Å²) in [7, 11) is 0. The molecule has 1 aromatic carbocycles. The molecule has 23 nitrogen and oxygen atoms in total. The molecule has 0 aliphatic carbocycles. The first-order valence-corrected chi connectivity index (χ1v) is 19.0. The van der Waals surface area contributed by atoms with E-state index < -0.39 is 133 Å². The molecule has 0 radical (unpaired) electrons. The number of fused-ring (bicyclic) bond motifs is 1. The lowest BCUT2D eigenvalue weighted by Crippen LogP contribution is -2.61. The number of aliphatic carboxylic acids is 1. The van der Waals surface area contributed by atoms with Gasteiger partial charge in [-0.3, -0.25) is 38.4 Å². The van der Waals surface area contributed by atoms with Crippen LogP contribution in [0.3, 0.4) is 0 Å². The van der Waals surface area contributed by atoms with Gasteiger partial charge in [0.1, 0.15) is 42.3 Å². The summed E-state index contributed by atoms with van der Waals surface area (Å²) in [5.74, 6) is -9.94. The highest BCUT2D eigenvalue weighted by Crippen LogP contribution is 2.21. The number of likely N-dealkylation sites (tertiary alicyclic amines) is 1. The zero-order chi connectivity index (χ0) is 45.0. The summed E-state index contributed by atoms with van der Waals surface area (Å²) in [4.78, 5) is 120. The molecule has 1 aliphatic rings. The highest BCUT2D eigenvalue weighted by molar-refractivity contribution is 5.99. The van der Waals surface area contributed by atoms with Crippen molar-refractivity contribution >= 4 is 64.1 Å². The van der Waals surface area contributed by atoms with Crippen molar-refractivity contribution in [3.63, 3.8) is 0 Å². The van der Waals surface area contributed by atoms with E-state index in [-0.39, 0.29) is 19.4 Å². The normalized spacial score (nSPS) is 18.5. The van der Waals surface area contributed by atoms with Crippen molar-refractivity contribution in [2.45, 2.75) is 101 Å². The fraction of sp³-hybridized carbons (Fsp3) is 0.541. The van der Waals surface area contributed by atoms with Gasteiger partial charge in [-0.2, -0.15) is 0 Å². The number of benzene rings is 1. The number of carbonyl (C=O) groups is 9. The number of nitrogens with two attached hydrogens (primary N) is 2. The number of carboxylic acids is 1. The van der Waals surface area contributed by atoms with Gasteiger partial charge >= 0.3 is 5.97 Å². The zero-order valence-electron chi connectivity index (χ0n) is 33.5. The topological polar surface area (TPSA) is 378 Å². The van der Waals surface area contributed by atoms with Gasteiger partial charge < -0.3 is 73.7 Å². The lowest BCUT2D eigenvalue weighted by molar-refractivity contribution is -0.143.